The third-order valence-corrected chi connectivity index (χ3v) is 10.8. The number of allylic oxidation sites excluding steroid dienone is 3. The van der Waals surface area contributed by atoms with E-state index in [1.165, 1.54) is 27.3 Å². The van der Waals surface area contributed by atoms with E-state index in [1.807, 2.05) is 19.1 Å². The summed E-state index contributed by atoms with van der Waals surface area (Å²) < 4.78 is 0. The Balaban J connectivity index is 1.15. The molecule has 0 N–H and O–H groups in total. The minimum absolute atomic E-state index is 0.691. The Morgan fingerprint density at radius 2 is 1.00 bits per heavy atom. The SMILES string of the molecule is C/C=C\C=C/c1cc(-c2cccc(-c3nc(-c4ccc(-c5ccccc5)cc4)c4ccccc4n3)c2)cc2c(-c3ccc4ccccc4c3)nc3ccccc3c12. The second-order valence-electron chi connectivity index (χ2n) is 14.3. The Hall–Kier alpha value is -7.49. The van der Waals surface area contributed by atoms with Gasteiger partial charge in [-0.1, -0.05) is 170 Å². The van der Waals surface area contributed by atoms with Crippen LogP contribution in [-0.2, 0) is 0 Å². The van der Waals surface area contributed by atoms with Crippen molar-refractivity contribution >= 4 is 49.4 Å². The van der Waals surface area contributed by atoms with E-state index in [1.54, 1.807) is 0 Å². The molecule has 0 aliphatic carbocycles. The summed E-state index contributed by atoms with van der Waals surface area (Å²) in [5.41, 5.74) is 12.6. The van der Waals surface area contributed by atoms with E-state index in [-0.39, 0.29) is 0 Å². The maximum Gasteiger partial charge on any atom is 0.160 e. The second-order valence-corrected chi connectivity index (χ2v) is 14.3. The number of aromatic nitrogens is 3. The fourth-order valence-corrected chi connectivity index (χ4v) is 7.95. The van der Waals surface area contributed by atoms with Crippen molar-refractivity contribution in [1.82, 2.24) is 15.0 Å². The van der Waals surface area contributed by atoms with Crippen LogP contribution in [0.4, 0.5) is 0 Å². The minimum atomic E-state index is 0.691. The van der Waals surface area contributed by atoms with E-state index in [2.05, 4.69) is 194 Å². The summed E-state index contributed by atoms with van der Waals surface area (Å²) in [5, 5.41) is 6.85. The maximum absolute atomic E-state index is 5.35. The summed E-state index contributed by atoms with van der Waals surface area (Å²) in [6.45, 7) is 2.04. The molecule has 0 bridgehead atoms. The number of rotatable bonds is 7. The molecule has 0 spiro atoms. The second kappa shape index (κ2) is 14.6. The lowest BCUT2D eigenvalue weighted by Gasteiger charge is -2.16. The third-order valence-electron chi connectivity index (χ3n) is 10.8. The Morgan fingerprint density at radius 3 is 1.82 bits per heavy atom. The monoisotopic (exact) mass is 727 g/mol. The molecule has 0 saturated heterocycles. The summed E-state index contributed by atoms with van der Waals surface area (Å²) in [6, 6.07) is 64.3. The Bertz CT molecular complexity index is 3180. The van der Waals surface area contributed by atoms with E-state index in [4.69, 9.17) is 15.0 Å². The van der Waals surface area contributed by atoms with E-state index >= 15 is 0 Å². The number of fused-ring (bicyclic) bond motifs is 5. The van der Waals surface area contributed by atoms with Crippen molar-refractivity contribution in [3.8, 4) is 56.2 Å². The van der Waals surface area contributed by atoms with Gasteiger partial charge in [0.25, 0.3) is 0 Å². The highest BCUT2D eigenvalue weighted by Gasteiger charge is 2.17. The summed E-state index contributed by atoms with van der Waals surface area (Å²) in [7, 11) is 0. The first-order chi connectivity index (χ1) is 28.2. The maximum atomic E-state index is 5.35. The molecule has 10 aromatic rings. The van der Waals surface area contributed by atoms with Gasteiger partial charge < -0.3 is 0 Å². The van der Waals surface area contributed by atoms with Crippen LogP contribution in [0.2, 0.25) is 0 Å². The van der Waals surface area contributed by atoms with Gasteiger partial charge in [0.2, 0.25) is 0 Å². The minimum Gasteiger partial charge on any atom is -0.247 e. The molecule has 2 heterocycles. The zero-order valence-corrected chi connectivity index (χ0v) is 31.5. The molecule has 0 fully saturated rings. The smallest absolute Gasteiger partial charge is 0.160 e. The predicted octanol–water partition coefficient (Wildman–Crippen LogP) is 14.4. The zero-order valence-electron chi connectivity index (χ0n) is 31.5. The number of hydrogen-bond donors (Lipinski definition) is 0. The number of hydrogen-bond acceptors (Lipinski definition) is 3. The summed E-state index contributed by atoms with van der Waals surface area (Å²) in [6.07, 6.45) is 8.48. The predicted molar refractivity (Wildman–Crippen MR) is 241 cm³/mol. The van der Waals surface area contributed by atoms with Gasteiger partial charge in [0.1, 0.15) is 0 Å². The van der Waals surface area contributed by atoms with E-state index in [9.17, 15) is 0 Å². The van der Waals surface area contributed by atoms with Gasteiger partial charge in [0.05, 0.1) is 22.4 Å². The van der Waals surface area contributed by atoms with Gasteiger partial charge in [-0.2, -0.15) is 0 Å². The molecule has 3 nitrogen and oxygen atoms in total. The van der Waals surface area contributed by atoms with Crippen LogP contribution >= 0.6 is 0 Å². The summed E-state index contributed by atoms with van der Waals surface area (Å²) in [5.74, 6) is 0.691. The van der Waals surface area contributed by atoms with Crippen LogP contribution in [0, 0.1) is 0 Å². The largest absolute Gasteiger partial charge is 0.247 e. The molecule has 0 aliphatic rings. The molecule has 0 atom stereocenters. The van der Waals surface area contributed by atoms with Crippen molar-refractivity contribution in [2.24, 2.45) is 0 Å². The quantitative estimate of drug-likeness (QED) is 0.121. The molecule has 0 unspecified atom stereocenters. The average Bonchev–Trinajstić information content (AvgIpc) is 3.28. The molecule has 10 rings (SSSR count). The summed E-state index contributed by atoms with van der Waals surface area (Å²) >= 11 is 0. The molecule has 0 saturated carbocycles. The topological polar surface area (TPSA) is 38.7 Å². The Kier molecular flexibility index (Phi) is 8.74. The van der Waals surface area contributed by atoms with Gasteiger partial charge in [-0.3, -0.25) is 0 Å². The molecular weight excluding hydrogens is 691 g/mol. The van der Waals surface area contributed by atoms with Crippen LogP contribution in [0.3, 0.4) is 0 Å². The van der Waals surface area contributed by atoms with Gasteiger partial charge in [0, 0.05) is 38.2 Å². The van der Waals surface area contributed by atoms with E-state index in [0.29, 0.717) is 5.82 Å². The van der Waals surface area contributed by atoms with Crippen LogP contribution in [0.15, 0.2) is 200 Å². The van der Waals surface area contributed by atoms with Crippen LogP contribution in [-0.4, -0.2) is 15.0 Å². The molecule has 57 heavy (non-hydrogen) atoms. The first-order valence-corrected chi connectivity index (χ1v) is 19.4. The highest BCUT2D eigenvalue weighted by molar-refractivity contribution is 6.15. The van der Waals surface area contributed by atoms with Crippen molar-refractivity contribution in [2.75, 3.05) is 0 Å². The highest BCUT2D eigenvalue weighted by atomic mass is 14.9. The van der Waals surface area contributed by atoms with Crippen molar-refractivity contribution < 1.29 is 0 Å². The molecule has 0 radical (unpaired) electrons. The number of nitrogens with zero attached hydrogens (tertiary/aromatic N) is 3. The van der Waals surface area contributed by atoms with Crippen molar-refractivity contribution in [3.63, 3.8) is 0 Å². The number of para-hydroxylation sites is 2. The fourth-order valence-electron chi connectivity index (χ4n) is 7.95. The van der Waals surface area contributed by atoms with E-state index < -0.39 is 0 Å². The normalized spacial score (nSPS) is 11.8. The Morgan fingerprint density at radius 1 is 0.368 bits per heavy atom. The lowest BCUT2D eigenvalue weighted by Crippen LogP contribution is -1.96. The van der Waals surface area contributed by atoms with Crippen LogP contribution in [0.1, 0.15) is 12.5 Å². The lowest BCUT2D eigenvalue weighted by molar-refractivity contribution is 1.23. The summed E-state index contributed by atoms with van der Waals surface area (Å²) in [4.78, 5) is 15.7. The van der Waals surface area contributed by atoms with E-state index in [0.717, 1.165) is 72.0 Å². The standard InChI is InChI=1S/C54H37N3/c1-2-3-5-19-42-34-45(35-48-51(42)46-22-10-12-24-49(46)55-53(48)43-31-28-37-17-8-9-18-40(37)32-43)41-20-14-21-44(33-41)54-56-50-25-13-11-23-47(50)52(57-54)39-29-26-38(27-30-39)36-15-6-4-7-16-36/h2-35H,1H3/b3-2-,19-5-. The zero-order chi connectivity index (χ0) is 38.1. The van der Waals surface area contributed by atoms with Crippen molar-refractivity contribution in [2.45, 2.75) is 6.92 Å². The molecule has 0 amide bonds. The van der Waals surface area contributed by atoms with Gasteiger partial charge in [-0.15, -0.1) is 0 Å². The van der Waals surface area contributed by atoms with Crippen LogP contribution < -0.4 is 0 Å². The number of benzene rings is 8. The number of pyridine rings is 1. The average molecular weight is 728 g/mol. The molecule has 8 aromatic carbocycles. The highest BCUT2D eigenvalue weighted by Crippen LogP contribution is 2.40. The molecule has 2 aromatic heterocycles. The van der Waals surface area contributed by atoms with Crippen LogP contribution in [0.25, 0.3) is 106 Å². The van der Waals surface area contributed by atoms with Gasteiger partial charge in [0.15, 0.2) is 5.82 Å². The lowest BCUT2D eigenvalue weighted by atomic mass is 9.91. The molecule has 268 valence electrons. The molecule has 0 aliphatic heterocycles. The third kappa shape index (κ3) is 6.45. The molecule has 3 heteroatoms. The first-order valence-electron chi connectivity index (χ1n) is 19.4. The van der Waals surface area contributed by atoms with Gasteiger partial charge in [-0.25, -0.2) is 15.0 Å². The first kappa shape index (κ1) is 34.0. The van der Waals surface area contributed by atoms with Crippen LogP contribution in [0.5, 0.6) is 0 Å². The van der Waals surface area contributed by atoms with Crippen molar-refractivity contribution in [3.05, 3.63) is 206 Å². The van der Waals surface area contributed by atoms with Gasteiger partial charge in [-0.05, 0) is 81.9 Å². The van der Waals surface area contributed by atoms with Gasteiger partial charge >= 0.3 is 0 Å². The fraction of sp³-hybridized carbons (Fsp3) is 0.0185. The van der Waals surface area contributed by atoms with Crippen molar-refractivity contribution in [1.29, 1.82) is 0 Å². The molecular formula is C54H37N3. The Labute approximate surface area is 332 Å².